The minimum absolute atomic E-state index is 0.0974. The largest absolute Gasteiger partial charge is 0.373 e. The van der Waals surface area contributed by atoms with Gasteiger partial charge in [-0.2, -0.15) is 10.4 Å². The highest BCUT2D eigenvalue weighted by molar-refractivity contribution is 6.76. The smallest absolute Gasteiger partial charge is 0.152 e. The van der Waals surface area contributed by atoms with E-state index in [9.17, 15) is 5.26 Å². The van der Waals surface area contributed by atoms with Crippen molar-refractivity contribution in [2.75, 3.05) is 24.6 Å². The maximum atomic E-state index is 9.60. The highest BCUT2D eigenvalue weighted by atomic mass is 35.5. The molecule has 5 rings (SSSR count). The number of halogens is 2. The fourth-order valence-corrected chi connectivity index (χ4v) is 6.11. The van der Waals surface area contributed by atoms with Gasteiger partial charge in [0.15, 0.2) is 5.82 Å². The van der Waals surface area contributed by atoms with Gasteiger partial charge in [0.2, 0.25) is 0 Å². The number of anilines is 1. The highest BCUT2D eigenvalue weighted by Crippen LogP contribution is 2.46. The van der Waals surface area contributed by atoms with Gasteiger partial charge in [-0.1, -0.05) is 54.1 Å². The fraction of sp³-hybridized carbons (Fsp3) is 0.536. The van der Waals surface area contributed by atoms with E-state index in [0.717, 1.165) is 62.0 Å². The van der Waals surface area contributed by atoms with Crippen LogP contribution in [0.4, 0.5) is 5.82 Å². The predicted molar refractivity (Wildman–Crippen MR) is 155 cm³/mol. The molecule has 0 unspecified atom stereocenters. The molecule has 3 aromatic rings. The molecule has 2 aromatic heterocycles. The molecule has 1 aromatic carbocycles. The van der Waals surface area contributed by atoms with Crippen molar-refractivity contribution in [2.24, 2.45) is 0 Å². The Labute approximate surface area is 240 Å². The zero-order valence-electron chi connectivity index (χ0n) is 22.8. The average Bonchev–Trinajstić information content (AvgIpc) is 3.53. The first kappa shape index (κ1) is 28.2. The van der Waals surface area contributed by atoms with Crippen LogP contribution in [0.1, 0.15) is 48.6 Å². The molecule has 208 valence electrons. The molecule has 1 aliphatic heterocycles. The van der Waals surface area contributed by atoms with Gasteiger partial charge >= 0.3 is 0 Å². The molecule has 0 amide bonds. The number of benzene rings is 1. The normalized spacial score (nSPS) is 16.6. The SMILES string of the molecule is C[Si](C)(C)CCOCn1nc(N2CCC(OCc3c(-c4c(Cl)cccc4Cl)noc3C3CC3)CC2)cc1C#N. The van der Waals surface area contributed by atoms with Crippen LogP contribution in [0.3, 0.4) is 0 Å². The minimum Gasteiger partial charge on any atom is -0.373 e. The van der Waals surface area contributed by atoms with Gasteiger partial charge in [0.1, 0.15) is 29.9 Å². The first-order chi connectivity index (χ1) is 18.7. The zero-order valence-corrected chi connectivity index (χ0v) is 25.3. The van der Waals surface area contributed by atoms with Crippen LogP contribution in [-0.2, 0) is 22.8 Å². The summed E-state index contributed by atoms with van der Waals surface area (Å²) in [6.07, 6.45) is 4.00. The second-order valence-electron chi connectivity index (χ2n) is 11.6. The van der Waals surface area contributed by atoms with Crippen LogP contribution < -0.4 is 4.90 Å². The van der Waals surface area contributed by atoms with E-state index in [1.165, 1.54) is 0 Å². The van der Waals surface area contributed by atoms with Crippen molar-refractivity contribution in [3.63, 3.8) is 0 Å². The standard InChI is InChI=1S/C28H35Cl2N5O3Si/c1-39(2,3)14-13-36-18-35-20(16-31)15-25(32-35)34-11-9-21(10-12-34)37-17-22-27(33-38-28(22)19-7-8-19)26-23(29)5-4-6-24(26)30/h4-6,15,19,21H,7-14,17-18H2,1-3H3. The fourth-order valence-electron chi connectivity index (χ4n) is 4.78. The van der Waals surface area contributed by atoms with Crippen molar-refractivity contribution < 1.29 is 14.0 Å². The number of nitriles is 1. The molecular weight excluding hydrogens is 553 g/mol. The summed E-state index contributed by atoms with van der Waals surface area (Å²) >= 11 is 13.0. The third kappa shape index (κ3) is 6.87. The lowest BCUT2D eigenvalue weighted by Crippen LogP contribution is -2.37. The lowest BCUT2D eigenvalue weighted by atomic mass is 10.0. The van der Waals surface area contributed by atoms with Crippen LogP contribution in [0.15, 0.2) is 28.8 Å². The van der Waals surface area contributed by atoms with Gasteiger partial charge < -0.3 is 18.9 Å². The average molecular weight is 589 g/mol. The van der Waals surface area contributed by atoms with Crippen molar-refractivity contribution in [1.29, 1.82) is 5.26 Å². The van der Waals surface area contributed by atoms with Crippen LogP contribution >= 0.6 is 23.2 Å². The van der Waals surface area contributed by atoms with Gasteiger partial charge in [-0.15, -0.1) is 0 Å². The molecule has 2 aliphatic rings. The van der Waals surface area contributed by atoms with E-state index in [4.69, 9.17) is 37.2 Å². The van der Waals surface area contributed by atoms with Gasteiger partial charge in [-0.3, -0.25) is 0 Å². The number of rotatable bonds is 11. The maximum Gasteiger partial charge on any atom is 0.152 e. The summed E-state index contributed by atoms with van der Waals surface area (Å²) in [7, 11) is -1.16. The molecule has 8 nitrogen and oxygen atoms in total. The van der Waals surface area contributed by atoms with Crippen LogP contribution in [0.25, 0.3) is 11.3 Å². The first-order valence-corrected chi connectivity index (χ1v) is 18.0. The van der Waals surface area contributed by atoms with Gasteiger partial charge in [-0.05, 0) is 43.9 Å². The molecule has 0 spiro atoms. The molecule has 11 heteroatoms. The number of piperidine rings is 1. The predicted octanol–water partition coefficient (Wildman–Crippen LogP) is 7.09. The second-order valence-corrected chi connectivity index (χ2v) is 18.0. The lowest BCUT2D eigenvalue weighted by Gasteiger charge is -2.32. The summed E-state index contributed by atoms with van der Waals surface area (Å²) in [6, 6.07) is 10.6. The molecule has 0 bridgehead atoms. The Morgan fingerprint density at radius 2 is 1.85 bits per heavy atom. The molecule has 39 heavy (non-hydrogen) atoms. The Hall–Kier alpha value is -2.35. The Morgan fingerprint density at radius 1 is 1.13 bits per heavy atom. The quantitative estimate of drug-likeness (QED) is 0.175. The molecule has 0 radical (unpaired) electrons. The molecule has 2 fully saturated rings. The topological polar surface area (TPSA) is 89.3 Å². The molecule has 1 aliphatic carbocycles. The second kappa shape index (κ2) is 12.0. The number of nitrogens with zero attached hydrogens (tertiary/aromatic N) is 5. The third-order valence-corrected chi connectivity index (χ3v) is 9.62. The van der Waals surface area contributed by atoms with E-state index >= 15 is 0 Å². The Balaban J connectivity index is 1.19. The number of aromatic nitrogens is 3. The molecule has 0 atom stereocenters. The van der Waals surface area contributed by atoms with E-state index in [0.29, 0.717) is 52.9 Å². The third-order valence-electron chi connectivity index (χ3n) is 7.29. The summed E-state index contributed by atoms with van der Waals surface area (Å²) in [4.78, 5) is 2.21. The van der Waals surface area contributed by atoms with E-state index in [2.05, 4.69) is 40.9 Å². The number of ether oxygens (including phenoxy) is 2. The molecular formula is C28H35Cl2N5O3Si. The summed E-state index contributed by atoms with van der Waals surface area (Å²) in [5.74, 6) is 2.08. The highest BCUT2D eigenvalue weighted by Gasteiger charge is 2.34. The Morgan fingerprint density at radius 3 is 2.49 bits per heavy atom. The first-order valence-electron chi connectivity index (χ1n) is 13.6. The van der Waals surface area contributed by atoms with Crippen molar-refractivity contribution in [1.82, 2.24) is 14.9 Å². The molecule has 1 saturated heterocycles. The van der Waals surface area contributed by atoms with E-state index < -0.39 is 8.07 Å². The zero-order chi connectivity index (χ0) is 27.6. The monoisotopic (exact) mass is 587 g/mol. The van der Waals surface area contributed by atoms with Crippen molar-refractivity contribution in [3.05, 3.63) is 51.3 Å². The van der Waals surface area contributed by atoms with Crippen LogP contribution in [-0.4, -0.2) is 48.8 Å². The summed E-state index contributed by atoms with van der Waals surface area (Å²) in [5, 5.41) is 19.7. The summed E-state index contributed by atoms with van der Waals surface area (Å²) in [5.41, 5.74) is 2.83. The van der Waals surface area contributed by atoms with Gasteiger partial charge in [0, 0.05) is 50.9 Å². The summed E-state index contributed by atoms with van der Waals surface area (Å²) < 4.78 is 19.7. The number of hydrogen-bond acceptors (Lipinski definition) is 7. The van der Waals surface area contributed by atoms with Crippen LogP contribution in [0.2, 0.25) is 35.7 Å². The summed E-state index contributed by atoms with van der Waals surface area (Å²) in [6.45, 7) is 9.95. The van der Waals surface area contributed by atoms with Crippen LogP contribution in [0.5, 0.6) is 0 Å². The van der Waals surface area contributed by atoms with Gasteiger partial charge in [0.25, 0.3) is 0 Å². The van der Waals surface area contributed by atoms with Crippen molar-refractivity contribution >= 4 is 37.1 Å². The molecule has 3 heterocycles. The maximum absolute atomic E-state index is 9.60. The van der Waals surface area contributed by atoms with E-state index in [-0.39, 0.29) is 6.10 Å². The molecule has 1 saturated carbocycles. The van der Waals surface area contributed by atoms with Crippen LogP contribution in [0, 0.1) is 11.3 Å². The number of hydrogen-bond donors (Lipinski definition) is 0. The lowest BCUT2D eigenvalue weighted by molar-refractivity contribution is 0.0245. The van der Waals surface area contributed by atoms with E-state index in [1.54, 1.807) is 4.68 Å². The van der Waals surface area contributed by atoms with Crippen molar-refractivity contribution in [3.8, 4) is 17.3 Å². The minimum atomic E-state index is -1.16. The Bertz CT molecular complexity index is 1310. The van der Waals surface area contributed by atoms with Gasteiger partial charge in [0.05, 0.1) is 22.8 Å². The molecule has 0 N–H and O–H groups in total. The van der Waals surface area contributed by atoms with E-state index in [1.807, 2.05) is 24.3 Å². The Kier molecular flexibility index (Phi) is 8.69. The van der Waals surface area contributed by atoms with Crippen molar-refractivity contribution in [2.45, 2.75) is 76.7 Å². The van der Waals surface area contributed by atoms with Gasteiger partial charge in [-0.25, -0.2) is 4.68 Å².